The molecule has 1 aliphatic rings. The Morgan fingerprint density at radius 1 is 1.23 bits per heavy atom. The summed E-state index contributed by atoms with van der Waals surface area (Å²) in [5.41, 5.74) is -0.302. The van der Waals surface area contributed by atoms with Gasteiger partial charge in [-0.15, -0.1) is 0 Å². The van der Waals surface area contributed by atoms with Gasteiger partial charge in [-0.2, -0.15) is 0 Å². The zero-order valence-corrected chi connectivity index (χ0v) is 18.5. The molecule has 1 amide bonds. The molecule has 1 fully saturated rings. The van der Waals surface area contributed by atoms with E-state index in [0.29, 0.717) is 25.6 Å². The molecule has 1 aliphatic heterocycles. The Hall–Kier alpha value is -2.22. The number of guanidine groups is 1. The highest BCUT2D eigenvalue weighted by Crippen LogP contribution is 2.18. The first-order valence-corrected chi connectivity index (χ1v) is 10.7. The molecule has 0 aromatic heterocycles. The first-order chi connectivity index (χ1) is 14.2. The summed E-state index contributed by atoms with van der Waals surface area (Å²) >= 11 is 0. The second kappa shape index (κ2) is 11.2. The van der Waals surface area contributed by atoms with E-state index in [1.54, 1.807) is 0 Å². The third-order valence-corrected chi connectivity index (χ3v) is 4.98. The van der Waals surface area contributed by atoms with Gasteiger partial charge >= 0.3 is 0 Å². The molecule has 8 heteroatoms. The van der Waals surface area contributed by atoms with Gasteiger partial charge in [-0.05, 0) is 38.4 Å². The minimum atomic E-state index is -0.503. The maximum Gasteiger partial charge on any atom is 0.225 e. The first-order valence-electron chi connectivity index (χ1n) is 10.7. The fraction of sp³-hybridized carbons (Fsp3) is 0.636. The van der Waals surface area contributed by atoms with Crippen LogP contribution in [0.3, 0.4) is 0 Å². The number of benzene rings is 1. The van der Waals surface area contributed by atoms with Crippen LogP contribution < -0.4 is 16.0 Å². The van der Waals surface area contributed by atoms with Crippen molar-refractivity contribution in [1.82, 2.24) is 20.9 Å². The number of rotatable bonds is 7. The van der Waals surface area contributed by atoms with Crippen LogP contribution in [-0.2, 0) is 11.3 Å². The van der Waals surface area contributed by atoms with E-state index in [4.69, 9.17) is 0 Å². The van der Waals surface area contributed by atoms with Crippen molar-refractivity contribution in [3.63, 3.8) is 0 Å². The van der Waals surface area contributed by atoms with Gasteiger partial charge in [-0.1, -0.05) is 26.8 Å². The predicted octanol–water partition coefficient (Wildman–Crippen LogP) is 2.65. The molecule has 1 atom stereocenters. The lowest BCUT2D eigenvalue weighted by atomic mass is 9.96. The molecule has 1 saturated heterocycles. The number of likely N-dealkylation sites (tertiary alicyclic amines) is 1. The fourth-order valence-corrected chi connectivity index (χ4v) is 3.34. The van der Waals surface area contributed by atoms with Gasteiger partial charge in [0.15, 0.2) is 5.96 Å². The fourth-order valence-electron chi connectivity index (χ4n) is 3.34. The summed E-state index contributed by atoms with van der Waals surface area (Å²) in [6.07, 6.45) is 1.90. The number of halogens is 2. The van der Waals surface area contributed by atoms with Crippen LogP contribution in [0, 0.1) is 17.0 Å². The second-order valence-electron chi connectivity index (χ2n) is 8.69. The van der Waals surface area contributed by atoms with Crippen LogP contribution in [0.5, 0.6) is 0 Å². The maximum absolute atomic E-state index is 14.0. The van der Waals surface area contributed by atoms with Crippen LogP contribution in [0.1, 0.15) is 46.1 Å². The van der Waals surface area contributed by atoms with E-state index in [-0.39, 0.29) is 24.1 Å². The van der Waals surface area contributed by atoms with E-state index < -0.39 is 17.0 Å². The molecule has 6 nitrogen and oxygen atoms in total. The van der Waals surface area contributed by atoms with E-state index in [0.717, 1.165) is 25.9 Å². The van der Waals surface area contributed by atoms with Gasteiger partial charge in [0.2, 0.25) is 5.91 Å². The van der Waals surface area contributed by atoms with Crippen LogP contribution in [0.4, 0.5) is 8.78 Å². The molecule has 0 aliphatic carbocycles. The molecule has 168 valence electrons. The molecule has 0 bridgehead atoms. The van der Waals surface area contributed by atoms with Crippen molar-refractivity contribution < 1.29 is 13.6 Å². The van der Waals surface area contributed by atoms with Crippen molar-refractivity contribution in [3.8, 4) is 0 Å². The Kier molecular flexibility index (Phi) is 9.02. The number of amides is 1. The number of piperidine rings is 1. The lowest BCUT2D eigenvalue weighted by Crippen LogP contribution is -2.51. The van der Waals surface area contributed by atoms with Gasteiger partial charge in [0, 0.05) is 43.2 Å². The summed E-state index contributed by atoms with van der Waals surface area (Å²) in [5, 5.41) is 9.52. The van der Waals surface area contributed by atoms with Crippen LogP contribution >= 0.6 is 0 Å². The largest absolute Gasteiger partial charge is 0.357 e. The molecule has 1 aromatic rings. The smallest absolute Gasteiger partial charge is 0.225 e. The van der Waals surface area contributed by atoms with Gasteiger partial charge in [-0.25, -0.2) is 8.78 Å². The zero-order chi connectivity index (χ0) is 22.1. The summed E-state index contributed by atoms with van der Waals surface area (Å²) in [7, 11) is 0. The SMILES string of the molecule is CCNC(=NCCNC(=O)C(C)(C)C)NC1CCCN(Cc2c(F)cccc2F)C1. The lowest BCUT2D eigenvalue weighted by molar-refractivity contribution is -0.128. The number of carbonyl (C=O) groups excluding carboxylic acids is 1. The van der Waals surface area contributed by atoms with Gasteiger partial charge in [0.05, 0.1) is 6.54 Å². The van der Waals surface area contributed by atoms with E-state index in [1.807, 2.05) is 27.7 Å². The minimum absolute atomic E-state index is 0.000964. The summed E-state index contributed by atoms with van der Waals surface area (Å²) in [5.74, 6) is -0.319. The van der Waals surface area contributed by atoms with Gasteiger partial charge in [0.1, 0.15) is 11.6 Å². The Morgan fingerprint density at radius 3 is 2.57 bits per heavy atom. The maximum atomic E-state index is 14.0. The van der Waals surface area contributed by atoms with Crippen LogP contribution in [-0.4, -0.2) is 55.5 Å². The Bertz CT molecular complexity index is 712. The standard InChI is InChI=1S/C22H35F2N5O/c1-5-25-21(27-12-11-26-20(30)22(2,3)4)28-16-8-7-13-29(14-16)15-17-18(23)9-6-10-19(17)24/h6,9-10,16H,5,7-8,11-15H2,1-4H3,(H,26,30)(H2,25,27,28). The number of hydrogen-bond acceptors (Lipinski definition) is 3. The summed E-state index contributed by atoms with van der Waals surface area (Å²) in [6, 6.07) is 4.12. The first kappa shape index (κ1) is 24.1. The topological polar surface area (TPSA) is 68.8 Å². The Morgan fingerprint density at radius 2 is 1.93 bits per heavy atom. The molecule has 0 saturated carbocycles. The highest BCUT2D eigenvalue weighted by atomic mass is 19.1. The van der Waals surface area contributed by atoms with Crippen molar-refractivity contribution in [2.45, 2.75) is 53.1 Å². The molecule has 1 aromatic carbocycles. The molecule has 2 rings (SSSR count). The molecular formula is C22H35F2N5O. The third-order valence-electron chi connectivity index (χ3n) is 4.98. The minimum Gasteiger partial charge on any atom is -0.357 e. The molecule has 0 radical (unpaired) electrons. The monoisotopic (exact) mass is 423 g/mol. The van der Waals surface area contributed by atoms with Crippen molar-refractivity contribution in [1.29, 1.82) is 0 Å². The van der Waals surface area contributed by atoms with E-state index in [1.165, 1.54) is 18.2 Å². The molecule has 1 unspecified atom stereocenters. The highest BCUT2D eigenvalue weighted by molar-refractivity contribution is 5.81. The summed E-state index contributed by atoms with van der Waals surface area (Å²) in [4.78, 5) is 18.5. The number of nitrogens with one attached hydrogen (secondary N) is 3. The van der Waals surface area contributed by atoms with Gasteiger partial charge in [-0.3, -0.25) is 14.7 Å². The van der Waals surface area contributed by atoms with Crippen LogP contribution in [0.2, 0.25) is 0 Å². The molecule has 0 spiro atoms. The molecular weight excluding hydrogens is 388 g/mol. The van der Waals surface area contributed by atoms with Crippen LogP contribution in [0.15, 0.2) is 23.2 Å². The van der Waals surface area contributed by atoms with Gasteiger partial charge in [0.25, 0.3) is 0 Å². The number of aliphatic imine (C=N–C) groups is 1. The van der Waals surface area contributed by atoms with Gasteiger partial charge < -0.3 is 16.0 Å². The third kappa shape index (κ3) is 7.55. The average molecular weight is 424 g/mol. The second-order valence-corrected chi connectivity index (χ2v) is 8.69. The van der Waals surface area contributed by atoms with Crippen LogP contribution in [0.25, 0.3) is 0 Å². The number of hydrogen-bond donors (Lipinski definition) is 3. The molecule has 30 heavy (non-hydrogen) atoms. The molecule has 3 N–H and O–H groups in total. The Labute approximate surface area is 178 Å². The number of nitrogens with zero attached hydrogens (tertiary/aromatic N) is 2. The van der Waals surface area contributed by atoms with Crippen molar-refractivity contribution in [2.75, 3.05) is 32.7 Å². The zero-order valence-electron chi connectivity index (χ0n) is 18.5. The molecule has 1 heterocycles. The number of carbonyl (C=O) groups is 1. The van der Waals surface area contributed by atoms with E-state index >= 15 is 0 Å². The van der Waals surface area contributed by atoms with Crippen molar-refractivity contribution >= 4 is 11.9 Å². The van der Waals surface area contributed by atoms with E-state index in [2.05, 4.69) is 25.8 Å². The average Bonchev–Trinajstić information content (AvgIpc) is 2.67. The normalized spacial score (nSPS) is 18.2. The van der Waals surface area contributed by atoms with E-state index in [9.17, 15) is 13.6 Å². The predicted molar refractivity (Wildman–Crippen MR) is 116 cm³/mol. The highest BCUT2D eigenvalue weighted by Gasteiger charge is 2.23. The van der Waals surface area contributed by atoms with Crippen molar-refractivity contribution in [3.05, 3.63) is 35.4 Å². The Balaban J connectivity index is 1.89. The summed E-state index contributed by atoms with van der Waals surface area (Å²) in [6.45, 7) is 11.0. The quantitative estimate of drug-likeness (QED) is 0.358. The van der Waals surface area contributed by atoms with Crippen molar-refractivity contribution in [2.24, 2.45) is 10.4 Å². The lowest BCUT2D eigenvalue weighted by Gasteiger charge is -2.34. The summed E-state index contributed by atoms with van der Waals surface area (Å²) < 4.78 is 28.0.